The van der Waals surface area contributed by atoms with Crippen molar-refractivity contribution < 1.29 is 4.79 Å². The number of nitrogens with zero attached hydrogens (tertiary/aromatic N) is 3. The average Bonchev–Trinajstić information content (AvgIpc) is 3.17. The molecule has 3 aromatic rings. The first-order valence-corrected chi connectivity index (χ1v) is 11.3. The second-order valence-corrected chi connectivity index (χ2v) is 8.76. The number of aromatic nitrogens is 1. The van der Waals surface area contributed by atoms with Crippen molar-refractivity contribution in [1.82, 2.24) is 9.88 Å². The summed E-state index contributed by atoms with van der Waals surface area (Å²) in [5, 5.41) is 5.94. The zero-order valence-corrected chi connectivity index (χ0v) is 18.4. The monoisotopic (exact) mass is 420 g/mol. The van der Waals surface area contributed by atoms with E-state index < -0.39 is 0 Å². The molecule has 2 aromatic carbocycles. The Morgan fingerprint density at radius 2 is 1.70 bits per heavy atom. The Morgan fingerprint density at radius 1 is 1.00 bits per heavy atom. The number of piperazine rings is 1. The van der Waals surface area contributed by atoms with Gasteiger partial charge in [-0.2, -0.15) is 0 Å². The van der Waals surface area contributed by atoms with Gasteiger partial charge < -0.3 is 10.2 Å². The molecule has 1 aromatic heterocycles. The number of nitrogens with one attached hydrogen (secondary N) is 1. The Hall–Kier alpha value is -2.70. The Morgan fingerprint density at radius 3 is 2.43 bits per heavy atom. The summed E-state index contributed by atoms with van der Waals surface area (Å²) in [7, 11) is 0. The summed E-state index contributed by atoms with van der Waals surface area (Å²) in [4.78, 5) is 22.0. The van der Waals surface area contributed by atoms with Crippen LogP contribution in [0.25, 0.3) is 0 Å². The van der Waals surface area contributed by atoms with Crippen LogP contribution in [0.15, 0.2) is 53.9 Å². The normalized spacial score (nSPS) is 14.7. The number of aryl methyl sites for hydroxylation is 2. The number of anilines is 2. The standard InChI is InChI=1S/C24H28N4OS/c1-18-7-3-5-9-21(18)26-23(29)15-24-25-20(17-30-24)16-27-11-13-28(14-12-27)22-10-6-4-8-19(22)2/h3-10,17H,11-16H2,1-2H3,(H,26,29). The number of para-hydroxylation sites is 2. The van der Waals surface area contributed by atoms with E-state index in [4.69, 9.17) is 4.98 Å². The van der Waals surface area contributed by atoms with E-state index in [2.05, 4.69) is 51.7 Å². The highest BCUT2D eigenvalue weighted by Gasteiger charge is 2.19. The number of carbonyl (C=O) groups excluding carboxylic acids is 1. The van der Waals surface area contributed by atoms with E-state index in [1.54, 1.807) is 11.3 Å². The molecular weight excluding hydrogens is 392 g/mol. The van der Waals surface area contributed by atoms with Gasteiger partial charge in [0, 0.05) is 49.5 Å². The summed E-state index contributed by atoms with van der Waals surface area (Å²) in [6.07, 6.45) is 0.320. The van der Waals surface area contributed by atoms with Crippen LogP contribution < -0.4 is 10.2 Å². The van der Waals surface area contributed by atoms with Gasteiger partial charge in [-0.25, -0.2) is 4.98 Å². The van der Waals surface area contributed by atoms with E-state index in [0.717, 1.165) is 54.7 Å². The number of thiazole rings is 1. The highest BCUT2D eigenvalue weighted by molar-refractivity contribution is 7.09. The molecule has 1 N–H and O–H groups in total. The molecule has 0 bridgehead atoms. The van der Waals surface area contributed by atoms with Crippen LogP contribution in [0.3, 0.4) is 0 Å². The molecule has 1 amide bonds. The van der Waals surface area contributed by atoms with Gasteiger partial charge >= 0.3 is 0 Å². The first-order valence-electron chi connectivity index (χ1n) is 10.4. The van der Waals surface area contributed by atoms with Crippen LogP contribution in [0.1, 0.15) is 21.8 Å². The summed E-state index contributed by atoms with van der Waals surface area (Å²) >= 11 is 1.57. The minimum absolute atomic E-state index is 0.0166. The molecule has 0 saturated carbocycles. The van der Waals surface area contributed by atoms with E-state index in [9.17, 15) is 4.79 Å². The Labute approximate surface area is 182 Å². The number of hydrogen-bond acceptors (Lipinski definition) is 5. The van der Waals surface area contributed by atoms with Gasteiger partial charge in [-0.15, -0.1) is 11.3 Å². The molecule has 0 atom stereocenters. The Kier molecular flexibility index (Phi) is 6.45. The molecule has 0 spiro atoms. The smallest absolute Gasteiger partial charge is 0.231 e. The topological polar surface area (TPSA) is 48.5 Å². The second-order valence-electron chi connectivity index (χ2n) is 7.82. The van der Waals surface area contributed by atoms with Crippen molar-refractivity contribution in [3.05, 3.63) is 75.7 Å². The molecule has 156 valence electrons. The van der Waals surface area contributed by atoms with Gasteiger partial charge in [-0.3, -0.25) is 9.69 Å². The molecule has 4 rings (SSSR count). The van der Waals surface area contributed by atoms with E-state index in [1.165, 1.54) is 11.3 Å². The molecule has 2 heterocycles. The van der Waals surface area contributed by atoms with Crippen molar-refractivity contribution in [1.29, 1.82) is 0 Å². The largest absolute Gasteiger partial charge is 0.369 e. The van der Waals surface area contributed by atoms with E-state index in [0.29, 0.717) is 6.42 Å². The first kappa shape index (κ1) is 20.6. The van der Waals surface area contributed by atoms with Crippen LogP contribution in [0.2, 0.25) is 0 Å². The molecule has 1 saturated heterocycles. The maximum absolute atomic E-state index is 12.4. The summed E-state index contributed by atoms with van der Waals surface area (Å²) in [5.74, 6) is -0.0166. The quantitative estimate of drug-likeness (QED) is 0.647. The van der Waals surface area contributed by atoms with Gasteiger partial charge in [-0.1, -0.05) is 36.4 Å². The fourth-order valence-electron chi connectivity index (χ4n) is 3.84. The highest BCUT2D eigenvalue weighted by Crippen LogP contribution is 2.22. The zero-order chi connectivity index (χ0) is 20.9. The number of carbonyl (C=O) groups is 1. The summed E-state index contributed by atoms with van der Waals surface area (Å²) in [6.45, 7) is 9.12. The Bertz CT molecular complexity index is 1010. The first-order chi connectivity index (χ1) is 14.6. The third kappa shape index (κ3) is 5.07. The maximum Gasteiger partial charge on any atom is 0.231 e. The summed E-state index contributed by atoms with van der Waals surface area (Å²) in [5.41, 5.74) is 5.66. The minimum atomic E-state index is -0.0166. The Balaban J connectivity index is 1.27. The molecule has 30 heavy (non-hydrogen) atoms. The van der Waals surface area contributed by atoms with E-state index in [-0.39, 0.29) is 5.91 Å². The van der Waals surface area contributed by atoms with Gasteiger partial charge in [0.05, 0.1) is 12.1 Å². The minimum Gasteiger partial charge on any atom is -0.369 e. The molecule has 5 nitrogen and oxygen atoms in total. The van der Waals surface area contributed by atoms with Crippen LogP contribution in [0.5, 0.6) is 0 Å². The van der Waals surface area contributed by atoms with Crippen LogP contribution in [-0.4, -0.2) is 42.0 Å². The van der Waals surface area contributed by atoms with E-state index in [1.807, 2.05) is 31.2 Å². The van der Waals surface area contributed by atoms with Crippen molar-refractivity contribution in [3.63, 3.8) is 0 Å². The third-order valence-corrected chi connectivity index (χ3v) is 6.44. The van der Waals surface area contributed by atoms with Gasteiger partial charge in [-0.05, 0) is 37.1 Å². The van der Waals surface area contributed by atoms with Crippen LogP contribution >= 0.6 is 11.3 Å². The fraction of sp³-hybridized carbons (Fsp3) is 0.333. The van der Waals surface area contributed by atoms with Gasteiger partial charge in [0.15, 0.2) is 0 Å². The molecular formula is C24H28N4OS. The van der Waals surface area contributed by atoms with Gasteiger partial charge in [0.25, 0.3) is 0 Å². The average molecular weight is 421 g/mol. The third-order valence-electron chi connectivity index (χ3n) is 5.54. The van der Waals surface area contributed by atoms with Gasteiger partial charge in [0.2, 0.25) is 5.91 Å². The predicted molar refractivity (Wildman–Crippen MR) is 124 cm³/mol. The molecule has 0 unspecified atom stereocenters. The zero-order valence-electron chi connectivity index (χ0n) is 17.6. The number of benzene rings is 2. The number of amides is 1. The lowest BCUT2D eigenvalue weighted by Crippen LogP contribution is -2.46. The van der Waals surface area contributed by atoms with Crippen LogP contribution in [-0.2, 0) is 17.8 Å². The predicted octanol–water partition coefficient (Wildman–Crippen LogP) is 4.26. The fourth-order valence-corrected chi connectivity index (χ4v) is 4.63. The van der Waals surface area contributed by atoms with Crippen molar-refractivity contribution in [2.75, 3.05) is 36.4 Å². The molecule has 0 aliphatic carbocycles. The number of rotatable bonds is 6. The van der Waals surface area contributed by atoms with E-state index >= 15 is 0 Å². The van der Waals surface area contributed by atoms with Gasteiger partial charge in [0.1, 0.15) is 5.01 Å². The lowest BCUT2D eigenvalue weighted by Gasteiger charge is -2.36. The summed E-state index contributed by atoms with van der Waals surface area (Å²) in [6, 6.07) is 16.4. The van der Waals surface area contributed by atoms with Crippen LogP contribution in [0.4, 0.5) is 11.4 Å². The second kappa shape index (κ2) is 9.41. The molecule has 1 aliphatic heterocycles. The van der Waals surface area contributed by atoms with Crippen LogP contribution in [0, 0.1) is 13.8 Å². The SMILES string of the molecule is Cc1ccccc1NC(=O)Cc1nc(CN2CCN(c3ccccc3C)CC2)cs1. The maximum atomic E-state index is 12.4. The van der Waals surface area contributed by atoms with Crippen molar-refractivity contribution in [2.45, 2.75) is 26.8 Å². The molecule has 1 aliphatic rings. The molecule has 1 fully saturated rings. The van der Waals surface area contributed by atoms with Crippen molar-refractivity contribution >= 4 is 28.6 Å². The molecule has 0 radical (unpaired) electrons. The van der Waals surface area contributed by atoms with Crippen molar-refractivity contribution in [2.24, 2.45) is 0 Å². The molecule has 6 heteroatoms. The lowest BCUT2D eigenvalue weighted by molar-refractivity contribution is -0.115. The summed E-state index contributed by atoms with van der Waals surface area (Å²) < 4.78 is 0. The van der Waals surface area contributed by atoms with Crippen molar-refractivity contribution in [3.8, 4) is 0 Å². The lowest BCUT2D eigenvalue weighted by atomic mass is 10.1. The highest BCUT2D eigenvalue weighted by atomic mass is 32.1. The number of hydrogen-bond donors (Lipinski definition) is 1.